The number of hydrogen-bond acceptors (Lipinski definition) is 6. The van der Waals surface area contributed by atoms with Crippen LogP contribution in [-0.4, -0.2) is 43.8 Å². The molecule has 0 amide bonds. The highest BCUT2D eigenvalue weighted by Crippen LogP contribution is 2.37. The van der Waals surface area contributed by atoms with Crippen LogP contribution < -0.4 is 14.2 Å². The van der Waals surface area contributed by atoms with Crippen molar-refractivity contribution in [1.82, 2.24) is 9.88 Å². The number of methoxy groups -OCH3 is 1. The van der Waals surface area contributed by atoms with Crippen LogP contribution in [0.25, 0.3) is 0 Å². The van der Waals surface area contributed by atoms with Gasteiger partial charge in [0.2, 0.25) is 0 Å². The molecule has 0 aliphatic carbocycles. The molecule has 0 spiro atoms. The second kappa shape index (κ2) is 7.19. The molecule has 0 bridgehead atoms. The predicted octanol–water partition coefficient (Wildman–Crippen LogP) is 2.91. The van der Waals surface area contributed by atoms with Crippen LogP contribution in [0.4, 0.5) is 0 Å². The normalized spacial score (nSPS) is 13.4. The predicted molar refractivity (Wildman–Crippen MR) is 90.9 cm³/mol. The van der Waals surface area contributed by atoms with Crippen molar-refractivity contribution in [1.29, 1.82) is 0 Å². The number of nitrogens with zero attached hydrogens (tertiary/aromatic N) is 2. The average molecular weight is 334 g/mol. The Bertz CT molecular complexity index is 672. The average Bonchev–Trinajstić information content (AvgIpc) is 2.97. The lowest BCUT2D eigenvalue weighted by molar-refractivity contribution is 0.170. The zero-order chi connectivity index (χ0) is 16.2. The molecular formula is C17H22N2O3S. The van der Waals surface area contributed by atoms with Crippen LogP contribution in [0.15, 0.2) is 17.6 Å². The van der Waals surface area contributed by atoms with E-state index in [1.54, 1.807) is 18.4 Å². The number of aromatic nitrogens is 1. The van der Waals surface area contributed by atoms with Gasteiger partial charge in [-0.05, 0) is 26.5 Å². The third kappa shape index (κ3) is 3.76. The molecule has 1 aromatic carbocycles. The van der Waals surface area contributed by atoms with Crippen molar-refractivity contribution in [3.63, 3.8) is 0 Å². The fourth-order valence-electron chi connectivity index (χ4n) is 2.65. The largest absolute Gasteiger partial charge is 0.496 e. The quantitative estimate of drug-likeness (QED) is 0.813. The third-order valence-corrected chi connectivity index (χ3v) is 4.95. The Kier molecular flexibility index (Phi) is 5.03. The smallest absolute Gasteiger partial charge is 0.165 e. The standard InChI is InChI=1S/C17H22N2O3S/c1-12-17(23-11-18-12)4-5-19(2)10-13-8-15-16(9-14(13)20-3)22-7-6-21-15/h8-9,11H,4-7,10H2,1-3H3. The summed E-state index contributed by atoms with van der Waals surface area (Å²) >= 11 is 1.73. The van der Waals surface area contributed by atoms with E-state index in [9.17, 15) is 0 Å². The molecule has 5 nitrogen and oxygen atoms in total. The molecule has 1 aromatic heterocycles. The van der Waals surface area contributed by atoms with Crippen molar-refractivity contribution in [2.75, 3.05) is 33.9 Å². The molecule has 2 aromatic rings. The molecule has 0 N–H and O–H groups in total. The zero-order valence-corrected chi connectivity index (χ0v) is 14.6. The summed E-state index contributed by atoms with van der Waals surface area (Å²) in [4.78, 5) is 7.94. The molecule has 1 aliphatic heterocycles. The number of ether oxygens (including phenoxy) is 3. The van der Waals surface area contributed by atoms with Gasteiger partial charge in [0, 0.05) is 29.6 Å². The highest BCUT2D eigenvalue weighted by atomic mass is 32.1. The summed E-state index contributed by atoms with van der Waals surface area (Å²) < 4.78 is 16.8. The van der Waals surface area contributed by atoms with E-state index >= 15 is 0 Å². The first-order valence-corrected chi connectivity index (χ1v) is 8.59. The number of fused-ring (bicyclic) bond motifs is 1. The van der Waals surface area contributed by atoms with E-state index in [0.717, 1.165) is 48.0 Å². The van der Waals surface area contributed by atoms with Crippen molar-refractivity contribution < 1.29 is 14.2 Å². The van der Waals surface area contributed by atoms with Gasteiger partial charge in [-0.3, -0.25) is 0 Å². The van der Waals surface area contributed by atoms with Crippen LogP contribution in [-0.2, 0) is 13.0 Å². The van der Waals surface area contributed by atoms with Crippen molar-refractivity contribution >= 4 is 11.3 Å². The molecular weight excluding hydrogens is 312 g/mol. The van der Waals surface area contributed by atoms with Crippen molar-refractivity contribution in [2.45, 2.75) is 19.9 Å². The van der Waals surface area contributed by atoms with E-state index in [1.807, 2.05) is 17.6 Å². The highest BCUT2D eigenvalue weighted by molar-refractivity contribution is 7.09. The lowest BCUT2D eigenvalue weighted by atomic mass is 10.1. The summed E-state index contributed by atoms with van der Waals surface area (Å²) in [5, 5.41) is 0. The zero-order valence-electron chi connectivity index (χ0n) is 13.8. The lowest BCUT2D eigenvalue weighted by Crippen LogP contribution is -2.22. The molecule has 0 fully saturated rings. The second-order valence-electron chi connectivity index (χ2n) is 5.66. The van der Waals surface area contributed by atoms with E-state index < -0.39 is 0 Å². The van der Waals surface area contributed by atoms with Crippen LogP contribution in [0.1, 0.15) is 16.1 Å². The van der Waals surface area contributed by atoms with E-state index in [-0.39, 0.29) is 0 Å². The number of aryl methyl sites for hydroxylation is 1. The molecule has 0 atom stereocenters. The molecule has 23 heavy (non-hydrogen) atoms. The summed E-state index contributed by atoms with van der Waals surface area (Å²) in [6.07, 6.45) is 1.01. The number of likely N-dealkylation sites (N-methyl/N-ethyl adjacent to an activating group) is 1. The Morgan fingerprint density at radius 3 is 2.65 bits per heavy atom. The summed E-state index contributed by atoms with van der Waals surface area (Å²) in [5.74, 6) is 2.41. The van der Waals surface area contributed by atoms with Gasteiger partial charge in [-0.25, -0.2) is 4.98 Å². The summed E-state index contributed by atoms with van der Waals surface area (Å²) in [6.45, 7) is 5.02. The minimum atomic E-state index is 0.587. The third-order valence-electron chi connectivity index (χ3n) is 3.95. The minimum absolute atomic E-state index is 0.587. The second-order valence-corrected chi connectivity index (χ2v) is 6.60. The topological polar surface area (TPSA) is 43.8 Å². The SMILES string of the molecule is COc1cc2c(cc1CN(C)CCc1scnc1C)OCCO2. The molecule has 0 unspecified atom stereocenters. The van der Waals surface area contributed by atoms with Crippen LogP contribution in [0.5, 0.6) is 17.2 Å². The first-order chi connectivity index (χ1) is 11.2. The van der Waals surface area contributed by atoms with Gasteiger partial charge in [0.05, 0.1) is 18.3 Å². The molecule has 0 radical (unpaired) electrons. The minimum Gasteiger partial charge on any atom is -0.496 e. The van der Waals surface area contributed by atoms with E-state index in [1.165, 1.54) is 4.88 Å². The maximum atomic E-state index is 5.67. The van der Waals surface area contributed by atoms with E-state index in [2.05, 4.69) is 23.9 Å². The van der Waals surface area contributed by atoms with Crippen LogP contribution in [0, 0.1) is 6.92 Å². The van der Waals surface area contributed by atoms with E-state index in [0.29, 0.717) is 13.2 Å². The van der Waals surface area contributed by atoms with Crippen LogP contribution in [0.3, 0.4) is 0 Å². The molecule has 6 heteroatoms. The van der Waals surface area contributed by atoms with Gasteiger partial charge in [0.15, 0.2) is 11.5 Å². The van der Waals surface area contributed by atoms with Gasteiger partial charge in [-0.15, -0.1) is 11.3 Å². The first kappa shape index (κ1) is 16.1. The van der Waals surface area contributed by atoms with Gasteiger partial charge in [-0.1, -0.05) is 0 Å². The number of thiazole rings is 1. The van der Waals surface area contributed by atoms with Crippen molar-refractivity contribution in [3.8, 4) is 17.2 Å². The van der Waals surface area contributed by atoms with Crippen molar-refractivity contribution in [3.05, 3.63) is 33.8 Å². The van der Waals surface area contributed by atoms with E-state index in [4.69, 9.17) is 14.2 Å². The Morgan fingerprint density at radius 2 is 2.00 bits per heavy atom. The lowest BCUT2D eigenvalue weighted by Gasteiger charge is -2.23. The maximum absolute atomic E-state index is 5.67. The van der Waals surface area contributed by atoms with Crippen LogP contribution in [0.2, 0.25) is 0 Å². The summed E-state index contributed by atoms with van der Waals surface area (Å²) in [6, 6.07) is 3.95. The number of hydrogen-bond donors (Lipinski definition) is 0. The molecule has 3 rings (SSSR count). The van der Waals surface area contributed by atoms with Crippen LogP contribution >= 0.6 is 11.3 Å². The Hall–Kier alpha value is -1.79. The Morgan fingerprint density at radius 1 is 1.26 bits per heavy atom. The van der Waals surface area contributed by atoms with Gasteiger partial charge < -0.3 is 19.1 Å². The highest BCUT2D eigenvalue weighted by Gasteiger charge is 2.17. The number of benzene rings is 1. The fourth-order valence-corrected chi connectivity index (χ4v) is 3.42. The monoisotopic (exact) mass is 334 g/mol. The summed E-state index contributed by atoms with van der Waals surface area (Å²) in [5.41, 5.74) is 4.16. The Labute approximate surface area is 140 Å². The van der Waals surface area contributed by atoms with Gasteiger partial charge in [-0.2, -0.15) is 0 Å². The molecule has 0 saturated carbocycles. The Balaban J connectivity index is 1.67. The fraction of sp³-hybridized carbons (Fsp3) is 0.471. The molecule has 124 valence electrons. The van der Waals surface area contributed by atoms with Crippen molar-refractivity contribution in [2.24, 2.45) is 0 Å². The maximum Gasteiger partial charge on any atom is 0.165 e. The van der Waals surface area contributed by atoms with Gasteiger partial charge >= 0.3 is 0 Å². The molecule has 1 aliphatic rings. The molecule has 0 saturated heterocycles. The number of rotatable bonds is 6. The molecule has 2 heterocycles. The summed E-state index contributed by atoms with van der Waals surface area (Å²) in [7, 11) is 3.81. The first-order valence-electron chi connectivity index (χ1n) is 7.71. The van der Waals surface area contributed by atoms with Gasteiger partial charge in [0.1, 0.15) is 19.0 Å². The van der Waals surface area contributed by atoms with Gasteiger partial charge in [0.25, 0.3) is 0 Å².